The van der Waals surface area contributed by atoms with Gasteiger partial charge in [0.05, 0.1) is 15.1 Å². The molecule has 0 aliphatic heterocycles. The first-order chi connectivity index (χ1) is 7.59. The van der Waals surface area contributed by atoms with Crippen molar-refractivity contribution in [3.63, 3.8) is 0 Å². The third kappa shape index (κ3) is 2.17. The van der Waals surface area contributed by atoms with Crippen molar-refractivity contribution in [1.82, 2.24) is 0 Å². The zero-order valence-corrected chi connectivity index (χ0v) is 10.2. The second kappa shape index (κ2) is 4.62. The van der Waals surface area contributed by atoms with Gasteiger partial charge in [-0.1, -0.05) is 53.0 Å². The van der Waals surface area contributed by atoms with Crippen LogP contribution in [0.2, 0.25) is 15.1 Å². The Bertz CT molecular complexity index is 538. The Labute approximate surface area is 108 Å². The summed E-state index contributed by atoms with van der Waals surface area (Å²) in [5.74, 6) is -0.455. The SMILES string of the molecule is Fc1ccc(-c2cccc(Cl)c2Cl)cc1Cl. The summed E-state index contributed by atoms with van der Waals surface area (Å²) in [5, 5.41) is 0.958. The van der Waals surface area contributed by atoms with Gasteiger partial charge in [0.25, 0.3) is 0 Å². The maximum atomic E-state index is 13.0. The Kier molecular flexibility index (Phi) is 3.38. The fraction of sp³-hybridized carbons (Fsp3) is 0. The van der Waals surface area contributed by atoms with Crippen molar-refractivity contribution >= 4 is 34.8 Å². The quantitative estimate of drug-likeness (QED) is 0.649. The molecule has 0 aromatic heterocycles. The largest absolute Gasteiger partial charge is 0.205 e. The highest BCUT2D eigenvalue weighted by molar-refractivity contribution is 6.43. The van der Waals surface area contributed by atoms with E-state index in [4.69, 9.17) is 34.8 Å². The van der Waals surface area contributed by atoms with Crippen LogP contribution in [-0.2, 0) is 0 Å². The molecule has 16 heavy (non-hydrogen) atoms. The number of hydrogen-bond acceptors (Lipinski definition) is 0. The zero-order chi connectivity index (χ0) is 11.7. The molecule has 0 saturated carbocycles. The predicted molar refractivity (Wildman–Crippen MR) is 66.9 cm³/mol. The van der Waals surface area contributed by atoms with Crippen molar-refractivity contribution in [3.05, 3.63) is 57.3 Å². The van der Waals surface area contributed by atoms with E-state index in [1.54, 1.807) is 24.3 Å². The molecule has 82 valence electrons. The summed E-state index contributed by atoms with van der Waals surface area (Å²) in [4.78, 5) is 0. The van der Waals surface area contributed by atoms with Gasteiger partial charge in [0, 0.05) is 5.56 Å². The zero-order valence-electron chi connectivity index (χ0n) is 7.98. The number of halogens is 4. The van der Waals surface area contributed by atoms with Gasteiger partial charge in [-0.2, -0.15) is 0 Å². The van der Waals surface area contributed by atoms with E-state index in [9.17, 15) is 4.39 Å². The fourth-order valence-corrected chi connectivity index (χ4v) is 1.98. The summed E-state index contributed by atoms with van der Waals surface area (Å²) in [6.07, 6.45) is 0. The maximum Gasteiger partial charge on any atom is 0.141 e. The third-order valence-corrected chi connectivity index (χ3v) is 3.29. The van der Waals surface area contributed by atoms with Crippen LogP contribution < -0.4 is 0 Å². The average Bonchev–Trinajstić information content (AvgIpc) is 2.26. The van der Waals surface area contributed by atoms with Crippen molar-refractivity contribution in [2.45, 2.75) is 0 Å². The lowest BCUT2D eigenvalue weighted by Gasteiger charge is -2.06. The van der Waals surface area contributed by atoms with Crippen molar-refractivity contribution in [2.24, 2.45) is 0 Å². The van der Waals surface area contributed by atoms with Crippen LogP contribution in [0.3, 0.4) is 0 Å². The third-order valence-electron chi connectivity index (χ3n) is 2.18. The van der Waals surface area contributed by atoms with Gasteiger partial charge >= 0.3 is 0 Å². The van der Waals surface area contributed by atoms with E-state index in [1.165, 1.54) is 12.1 Å². The van der Waals surface area contributed by atoms with Crippen LogP contribution in [0, 0.1) is 5.82 Å². The van der Waals surface area contributed by atoms with Crippen LogP contribution >= 0.6 is 34.8 Å². The smallest absolute Gasteiger partial charge is 0.141 e. The Morgan fingerprint density at radius 2 is 1.62 bits per heavy atom. The maximum absolute atomic E-state index is 13.0. The van der Waals surface area contributed by atoms with E-state index in [-0.39, 0.29) is 5.02 Å². The molecule has 0 amide bonds. The van der Waals surface area contributed by atoms with Gasteiger partial charge < -0.3 is 0 Å². The first-order valence-corrected chi connectivity index (χ1v) is 5.62. The van der Waals surface area contributed by atoms with Crippen LogP contribution in [0.1, 0.15) is 0 Å². The van der Waals surface area contributed by atoms with Gasteiger partial charge in [-0.25, -0.2) is 4.39 Å². The van der Waals surface area contributed by atoms with Gasteiger partial charge in [0.15, 0.2) is 0 Å². The van der Waals surface area contributed by atoms with Crippen LogP contribution in [0.5, 0.6) is 0 Å². The fourth-order valence-electron chi connectivity index (χ4n) is 1.39. The minimum Gasteiger partial charge on any atom is -0.205 e. The Morgan fingerprint density at radius 3 is 2.31 bits per heavy atom. The minimum absolute atomic E-state index is 0.0635. The lowest BCUT2D eigenvalue weighted by Crippen LogP contribution is -1.83. The second-order valence-corrected chi connectivity index (χ2v) is 4.42. The van der Waals surface area contributed by atoms with Crippen molar-refractivity contribution in [3.8, 4) is 11.1 Å². The van der Waals surface area contributed by atoms with Gasteiger partial charge in [0.2, 0.25) is 0 Å². The van der Waals surface area contributed by atoms with E-state index < -0.39 is 5.82 Å². The number of rotatable bonds is 1. The molecule has 0 saturated heterocycles. The minimum atomic E-state index is -0.455. The Morgan fingerprint density at radius 1 is 0.875 bits per heavy atom. The van der Waals surface area contributed by atoms with Crippen LogP contribution in [0.15, 0.2) is 36.4 Å². The summed E-state index contributed by atoms with van der Waals surface area (Å²) in [6.45, 7) is 0. The van der Waals surface area contributed by atoms with E-state index in [0.717, 1.165) is 11.1 Å². The lowest BCUT2D eigenvalue weighted by atomic mass is 10.1. The molecule has 0 radical (unpaired) electrons. The summed E-state index contributed by atoms with van der Waals surface area (Å²) in [6, 6.07) is 9.71. The Balaban J connectivity index is 2.59. The predicted octanol–water partition coefficient (Wildman–Crippen LogP) is 5.45. The molecule has 0 aliphatic carbocycles. The van der Waals surface area contributed by atoms with Gasteiger partial charge in [-0.05, 0) is 23.8 Å². The van der Waals surface area contributed by atoms with Gasteiger partial charge in [-0.15, -0.1) is 0 Å². The lowest BCUT2D eigenvalue weighted by molar-refractivity contribution is 0.628. The van der Waals surface area contributed by atoms with E-state index in [2.05, 4.69) is 0 Å². The molecule has 0 unspecified atom stereocenters. The molecule has 2 aromatic rings. The van der Waals surface area contributed by atoms with E-state index in [0.29, 0.717) is 10.0 Å². The molecule has 0 fully saturated rings. The molecule has 2 aromatic carbocycles. The molecule has 0 N–H and O–H groups in total. The molecule has 0 aliphatic rings. The van der Waals surface area contributed by atoms with Gasteiger partial charge in [-0.3, -0.25) is 0 Å². The summed E-state index contributed by atoms with van der Waals surface area (Å²) < 4.78 is 13.0. The highest BCUT2D eigenvalue weighted by Gasteiger charge is 2.08. The first kappa shape index (κ1) is 11.7. The molecule has 4 heteroatoms. The molecule has 2 rings (SSSR count). The summed E-state index contributed by atoms with van der Waals surface area (Å²) in [7, 11) is 0. The molecule has 0 heterocycles. The van der Waals surface area contributed by atoms with Gasteiger partial charge in [0.1, 0.15) is 5.82 Å². The molecular formula is C12H6Cl3F. The van der Waals surface area contributed by atoms with Crippen LogP contribution in [0.25, 0.3) is 11.1 Å². The Hall–Kier alpha value is -0.760. The molecule has 0 bridgehead atoms. The normalized spacial score (nSPS) is 10.5. The average molecular weight is 276 g/mol. The number of benzene rings is 2. The first-order valence-electron chi connectivity index (χ1n) is 4.49. The van der Waals surface area contributed by atoms with Crippen LogP contribution in [0.4, 0.5) is 4.39 Å². The monoisotopic (exact) mass is 274 g/mol. The van der Waals surface area contributed by atoms with Crippen LogP contribution in [-0.4, -0.2) is 0 Å². The van der Waals surface area contributed by atoms with Crippen molar-refractivity contribution < 1.29 is 4.39 Å². The second-order valence-electron chi connectivity index (χ2n) is 3.23. The highest BCUT2D eigenvalue weighted by Crippen LogP contribution is 2.34. The number of hydrogen-bond donors (Lipinski definition) is 0. The van der Waals surface area contributed by atoms with Crippen molar-refractivity contribution in [1.29, 1.82) is 0 Å². The standard InChI is InChI=1S/C12H6Cl3F/c13-9-3-1-2-8(12(9)15)7-4-5-11(16)10(14)6-7/h1-6H. The van der Waals surface area contributed by atoms with Crippen molar-refractivity contribution in [2.75, 3.05) is 0 Å². The molecular weight excluding hydrogens is 269 g/mol. The summed E-state index contributed by atoms with van der Waals surface area (Å²) in [5.41, 5.74) is 1.47. The molecule has 0 atom stereocenters. The van der Waals surface area contributed by atoms with E-state index in [1.807, 2.05) is 0 Å². The topological polar surface area (TPSA) is 0 Å². The molecule has 0 spiro atoms. The summed E-state index contributed by atoms with van der Waals surface area (Å²) >= 11 is 17.7. The highest BCUT2D eigenvalue weighted by atomic mass is 35.5. The molecule has 0 nitrogen and oxygen atoms in total. The van der Waals surface area contributed by atoms with E-state index >= 15 is 0 Å².